The van der Waals surface area contributed by atoms with Gasteiger partial charge in [-0.1, -0.05) is 47.7 Å². The number of imide groups is 1. The van der Waals surface area contributed by atoms with Crippen LogP contribution >= 0.6 is 23.1 Å². The Balaban J connectivity index is 1.12. The van der Waals surface area contributed by atoms with Crippen LogP contribution in [0, 0.1) is 29.6 Å². The van der Waals surface area contributed by atoms with Crippen LogP contribution in [0.4, 0.5) is 11.4 Å². The van der Waals surface area contributed by atoms with Crippen LogP contribution in [0.3, 0.4) is 0 Å². The van der Waals surface area contributed by atoms with Crippen LogP contribution in [-0.2, 0) is 14.4 Å². The number of phenolic OH excluding ortho intramolecular Hbond substituents is 1. The lowest BCUT2D eigenvalue weighted by Gasteiger charge is -2.43. The van der Waals surface area contributed by atoms with Gasteiger partial charge in [-0.25, -0.2) is 0 Å². The number of amides is 3. The Bertz CT molecular complexity index is 1850. The number of aromatic hydroxyl groups is 1. The van der Waals surface area contributed by atoms with E-state index in [1.807, 2.05) is 42.5 Å². The molecule has 4 aliphatic rings. The van der Waals surface area contributed by atoms with Gasteiger partial charge in [0.15, 0.2) is 6.61 Å². The van der Waals surface area contributed by atoms with Crippen molar-refractivity contribution in [3.05, 3.63) is 99.0 Å². The zero-order chi connectivity index (χ0) is 30.1. The number of aromatic amines is 1. The third-order valence-electron chi connectivity index (χ3n) is 9.50. The highest BCUT2D eigenvalue weighted by Gasteiger charge is 2.69. The van der Waals surface area contributed by atoms with Crippen molar-refractivity contribution in [2.45, 2.75) is 22.6 Å². The molecule has 2 saturated carbocycles. The number of nitrogens with zero attached hydrogens (tertiary/aromatic N) is 1. The molecule has 4 aromatic rings. The number of thioether (sulfide) groups is 1. The smallest absolute Gasteiger partial charge is 0.305 e. The van der Waals surface area contributed by atoms with E-state index in [4.69, 9.17) is 4.74 Å². The first kappa shape index (κ1) is 27.2. The lowest BCUT2D eigenvalue weighted by molar-refractivity contribution is -0.123. The van der Waals surface area contributed by atoms with Gasteiger partial charge in [0.25, 0.3) is 5.91 Å². The first-order chi connectivity index (χ1) is 21.4. The summed E-state index contributed by atoms with van der Waals surface area (Å²) in [7, 11) is 0. The fraction of sp³-hybridized carbons (Fsp3) is 0.273. The molecular weight excluding hydrogens is 599 g/mol. The lowest BCUT2D eigenvalue weighted by atomic mass is 9.68. The molecule has 6 unspecified atom stereocenters. The molecule has 0 spiro atoms. The van der Waals surface area contributed by atoms with Crippen molar-refractivity contribution in [1.29, 1.82) is 0 Å². The maximum Gasteiger partial charge on any atom is 0.305 e. The van der Waals surface area contributed by atoms with E-state index in [1.165, 1.54) is 28.4 Å². The molecule has 7 atom stereocenters. The van der Waals surface area contributed by atoms with Crippen molar-refractivity contribution in [3.63, 3.8) is 0 Å². The summed E-state index contributed by atoms with van der Waals surface area (Å²) in [6.07, 6.45) is 0.783. The summed E-state index contributed by atoms with van der Waals surface area (Å²) < 4.78 is 6.12. The summed E-state index contributed by atoms with van der Waals surface area (Å²) in [5.41, 5.74) is 2.00. The first-order valence-corrected chi connectivity index (χ1v) is 16.2. The van der Waals surface area contributed by atoms with Crippen LogP contribution in [-0.4, -0.2) is 39.7 Å². The monoisotopic (exact) mass is 625 g/mol. The van der Waals surface area contributed by atoms with Crippen molar-refractivity contribution in [1.82, 2.24) is 4.98 Å². The number of fused-ring (bicyclic) bond motifs is 9. The van der Waals surface area contributed by atoms with E-state index in [9.17, 15) is 24.3 Å². The van der Waals surface area contributed by atoms with E-state index in [0.29, 0.717) is 17.1 Å². The Morgan fingerprint density at radius 3 is 2.41 bits per heavy atom. The summed E-state index contributed by atoms with van der Waals surface area (Å²) in [6.45, 7) is -0.237. The second kappa shape index (κ2) is 10.4. The third kappa shape index (κ3) is 4.21. The Kier molecular flexibility index (Phi) is 6.42. The van der Waals surface area contributed by atoms with Gasteiger partial charge in [-0.2, -0.15) is 0 Å². The van der Waals surface area contributed by atoms with E-state index in [-0.39, 0.29) is 69.8 Å². The number of aromatic nitrogens is 1. The minimum absolute atomic E-state index is 0.00764. The number of hydrogen-bond acceptors (Lipinski definition) is 8. The van der Waals surface area contributed by atoms with Gasteiger partial charge in [-0.05, 0) is 66.6 Å². The van der Waals surface area contributed by atoms with Gasteiger partial charge in [0.05, 0.1) is 22.5 Å². The molecule has 1 saturated heterocycles. The minimum atomic E-state index is -0.404. The number of carbonyl (C=O) groups is 3. The molecule has 3 N–H and O–H groups in total. The Labute approximate surface area is 260 Å². The molecule has 11 heteroatoms. The number of H-pyrrole nitrogens is 1. The predicted octanol–water partition coefficient (Wildman–Crippen LogP) is 4.84. The van der Waals surface area contributed by atoms with Gasteiger partial charge >= 0.3 is 4.87 Å². The molecule has 3 aromatic carbocycles. The van der Waals surface area contributed by atoms with Gasteiger partial charge in [0, 0.05) is 27.3 Å². The number of hydrogen-bond donors (Lipinski definition) is 3. The second-order valence-corrected chi connectivity index (χ2v) is 13.9. The van der Waals surface area contributed by atoms with Crippen molar-refractivity contribution < 1.29 is 24.2 Å². The van der Waals surface area contributed by atoms with E-state index >= 15 is 0 Å². The predicted molar refractivity (Wildman–Crippen MR) is 166 cm³/mol. The Hall–Kier alpha value is -4.35. The Morgan fingerprint density at radius 2 is 1.64 bits per heavy atom. The first-order valence-electron chi connectivity index (χ1n) is 14.5. The normalized spacial score (nSPS) is 28.0. The summed E-state index contributed by atoms with van der Waals surface area (Å²) in [6, 6.07) is 22.9. The SMILES string of the molecule is O=C(COc1ccccc1[C@H]1c2sc(=O)[nH]c2SC2C3CC(C4C(=O)N(c5ccccc5)C(=O)C34)C21)Nc1ccc(O)cc1. The van der Waals surface area contributed by atoms with E-state index in [2.05, 4.69) is 10.3 Å². The molecule has 8 rings (SSSR count). The molecule has 2 aliphatic heterocycles. The number of carbonyl (C=O) groups excluding carboxylic acids is 3. The largest absolute Gasteiger partial charge is 0.508 e. The zero-order valence-corrected chi connectivity index (χ0v) is 24.8. The third-order valence-corrected chi connectivity index (χ3v) is 12.1. The van der Waals surface area contributed by atoms with E-state index in [0.717, 1.165) is 21.9 Å². The second-order valence-electron chi connectivity index (χ2n) is 11.7. The molecule has 3 fully saturated rings. The molecule has 0 radical (unpaired) electrons. The number of ether oxygens (including phenoxy) is 1. The number of thiazole rings is 1. The van der Waals surface area contributed by atoms with Crippen LogP contribution in [0.5, 0.6) is 11.5 Å². The standard InChI is InChI=1S/C33H27N3O6S2/c37-18-12-10-16(11-13-18)34-23(38)15-42-22-9-5-4-8-19(22)24-25-20-14-21(28(25)43-30-29(24)44-33(41)35-30)27-26(20)31(39)36(32(27)40)17-6-2-1-3-7-17/h1-13,20-21,24-28,37H,14-15H2,(H,34,38)(H,35,41)/t20?,21?,24-,25?,26?,27?,28?/m1/s1. The molecule has 9 nitrogen and oxygen atoms in total. The molecular formula is C33H27N3O6S2. The summed E-state index contributed by atoms with van der Waals surface area (Å²) in [4.78, 5) is 58.3. The highest BCUT2D eigenvalue weighted by molar-refractivity contribution is 8.00. The number of rotatable bonds is 6. The van der Waals surface area contributed by atoms with E-state index < -0.39 is 5.92 Å². The molecule has 2 aliphatic carbocycles. The average Bonchev–Trinajstić information content (AvgIpc) is 3.76. The maximum absolute atomic E-state index is 13.9. The fourth-order valence-electron chi connectivity index (χ4n) is 7.95. The molecule has 3 amide bonds. The van der Waals surface area contributed by atoms with Crippen LogP contribution in [0.1, 0.15) is 22.8 Å². The molecule has 2 bridgehead atoms. The van der Waals surface area contributed by atoms with Gasteiger partial charge in [-0.3, -0.25) is 24.1 Å². The molecule has 1 aromatic heterocycles. The van der Waals surface area contributed by atoms with Crippen LogP contribution < -0.4 is 19.8 Å². The number of nitrogens with one attached hydrogen (secondary N) is 2. The van der Waals surface area contributed by atoms with Crippen LogP contribution in [0.2, 0.25) is 0 Å². The van der Waals surface area contributed by atoms with Gasteiger partial charge in [0.1, 0.15) is 11.5 Å². The average molecular weight is 626 g/mol. The Morgan fingerprint density at radius 1 is 0.932 bits per heavy atom. The highest BCUT2D eigenvalue weighted by atomic mass is 32.2. The van der Waals surface area contributed by atoms with Crippen molar-refractivity contribution in [3.8, 4) is 11.5 Å². The van der Waals surface area contributed by atoms with Gasteiger partial charge < -0.3 is 20.1 Å². The molecule has 222 valence electrons. The number of para-hydroxylation sites is 2. The molecule has 44 heavy (non-hydrogen) atoms. The van der Waals surface area contributed by atoms with Crippen molar-refractivity contribution in [2.75, 3.05) is 16.8 Å². The highest BCUT2D eigenvalue weighted by Crippen LogP contribution is 2.69. The minimum Gasteiger partial charge on any atom is -0.508 e. The summed E-state index contributed by atoms with van der Waals surface area (Å²) >= 11 is 2.82. The van der Waals surface area contributed by atoms with Gasteiger partial charge in [0.2, 0.25) is 11.8 Å². The zero-order valence-electron chi connectivity index (χ0n) is 23.2. The van der Waals surface area contributed by atoms with Gasteiger partial charge in [-0.15, -0.1) is 11.8 Å². The lowest BCUT2D eigenvalue weighted by Crippen LogP contribution is -2.42. The van der Waals surface area contributed by atoms with Crippen molar-refractivity contribution in [2.24, 2.45) is 29.6 Å². The topological polar surface area (TPSA) is 129 Å². The summed E-state index contributed by atoms with van der Waals surface area (Å²) in [5.74, 6) is -0.999. The maximum atomic E-state index is 13.9. The quantitative estimate of drug-likeness (QED) is 0.207. The van der Waals surface area contributed by atoms with Crippen molar-refractivity contribution >= 4 is 52.2 Å². The van der Waals surface area contributed by atoms with Crippen LogP contribution in [0.25, 0.3) is 0 Å². The fourth-order valence-corrected chi connectivity index (χ4v) is 10.8. The summed E-state index contributed by atoms with van der Waals surface area (Å²) in [5, 5.41) is 13.1. The molecule has 3 heterocycles. The number of phenols is 1. The van der Waals surface area contributed by atoms with E-state index in [1.54, 1.807) is 36.0 Å². The number of anilines is 2. The van der Waals surface area contributed by atoms with Crippen LogP contribution in [0.15, 0.2) is 88.7 Å². The number of benzene rings is 3.